The third-order valence-electron chi connectivity index (χ3n) is 2.16. The fourth-order valence-corrected chi connectivity index (χ4v) is 1.23. The number of hydrogen-bond donors (Lipinski definition) is 1. The van der Waals surface area contributed by atoms with Gasteiger partial charge in [-0.05, 0) is 12.5 Å². The van der Waals surface area contributed by atoms with Crippen LogP contribution in [0.3, 0.4) is 0 Å². The van der Waals surface area contributed by atoms with Crippen LogP contribution in [-0.4, -0.2) is 32.6 Å². The predicted octanol–water partition coefficient (Wildman–Crippen LogP) is 1.41. The second-order valence-electron chi connectivity index (χ2n) is 3.34. The molecule has 0 saturated carbocycles. The van der Waals surface area contributed by atoms with Gasteiger partial charge in [0.15, 0.2) is 0 Å². The van der Waals surface area contributed by atoms with Crippen LogP contribution < -0.4 is 5.32 Å². The lowest BCUT2D eigenvalue weighted by atomic mass is 10.1. The number of hydrogen-bond acceptors (Lipinski definition) is 3. The molecule has 82 valence electrons. The summed E-state index contributed by atoms with van der Waals surface area (Å²) in [4.78, 5) is 10.2. The molecule has 1 N–H and O–H groups in total. The van der Waals surface area contributed by atoms with Crippen molar-refractivity contribution in [3.05, 3.63) is 35.4 Å². The van der Waals surface area contributed by atoms with E-state index in [1.54, 1.807) is 0 Å². The highest BCUT2D eigenvalue weighted by molar-refractivity contribution is 5.76. The largest absolute Gasteiger partial charge is 0.379 e. The van der Waals surface area contributed by atoms with Gasteiger partial charge in [-0.2, -0.15) is 0 Å². The van der Waals surface area contributed by atoms with E-state index in [4.69, 9.17) is 4.74 Å². The number of morpholine rings is 1. The first kappa shape index (κ1) is 11.9. The van der Waals surface area contributed by atoms with E-state index in [-0.39, 0.29) is 0 Å². The lowest BCUT2D eigenvalue weighted by Crippen LogP contribution is -2.30. The van der Waals surface area contributed by atoms with Gasteiger partial charge in [0.25, 0.3) is 0 Å². The van der Waals surface area contributed by atoms with Crippen molar-refractivity contribution in [1.29, 1.82) is 0 Å². The van der Waals surface area contributed by atoms with Crippen molar-refractivity contribution in [3.8, 4) is 0 Å². The van der Waals surface area contributed by atoms with Crippen LogP contribution in [0.5, 0.6) is 0 Å². The summed E-state index contributed by atoms with van der Waals surface area (Å²) in [6, 6.07) is 7.51. The zero-order chi connectivity index (χ0) is 10.9. The summed E-state index contributed by atoms with van der Waals surface area (Å²) in [5.74, 6) is 0. The lowest BCUT2D eigenvalue weighted by Gasteiger charge is -2.10. The van der Waals surface area contributed by atoms with Gasteiger partial charge in [0.2, 0.25) is 0 Å². The molecule has 2 rings (SSSR count). The van der Waals surface area contributed by atoms with Crippen molar-refractivity contribution in [1.82, 2.24) is 5.32 Å². The Morgan fingerprint density at radius 1 is 1.27 bits per heavy atom. The van der Waals surface area contributed by atoms with Crippen LogP contribution in [0.25, 0.3) is 0 Å². The van der Waals surface area contributed by atoms with Crippen LogP contribution in [-0.2, 0) is 4.74 Å². The number of benzene rings is 1. The minimum absolute atomic E-state index is 0.775. The summed E-state index contributed by atoms with van der Waals surface area (Å²) >= 11 is 0. The Balaban J connectivity index is 0.000000162. The zero-order valence-corrected chi connectivity index (χ0v) is 9.03. The molecule has 0 atom stereocenters. The average Bonchev–Trinajstić information content (AvgIpc) is 2.33. The summed E-state index contributed by atoms with van der Waals surface area (Å²) in [6.07, 6.45) is 0.870. The van der Waals surface area contributed by atoms with Crippen molar-refractivity contribution in [2.75, 3.05) is 26.3 Å². The smallest absolute Gasteiger partial charge is 0.150 e. The Labute approximate surface area is 90.4 Å². The third kappa shape index (κ3) is 4.72. The molecule has 3 nitrogen and oxygen atoms in total. The maximum absolute atomic E-state index is 10.2. The summed E-state index contributed by atoms with van der Waals surface area (Å²) < 4.78 is 5.01. The van der Waals surface area contributed by atoms with E-state index in [1.807, 2.05) is 31.2 Å². The van der Waals surface area contributed by atoms with E-state index in [1.165, 1.54) is 0 Å². The maximum Gasteiger partial charge on any atom is 0.150 e. The molecule has 1 fully saturated rings. The lowest BCUT2D eigenvalue weighted by molar-refractivity contribution is 0.109. The first-order valence-electron chi connectivity index (χ1n) is 5.14. The van der Waals surface area contributed by atoms with Crippen LogP contribution in [0.1, 0.15) is 15.9 Å². The first-order valence-corrected chi connectivity index (χ1v) is 5.14. The van der Waals surface area contributed by atoms with Crippen molar-refractivity contribution in [3.63, 3.8) is 0 Å². The Kier molecular flexibility index (Phi) is 5.66. The molecule has 1 saturated heterocycles. The molecule has 0 bridgehead atoms. The van der Waals surface area contributed by atoms with E-state index in [0.29, 0.717) is 0 Å². The highest BCUT2D eigenvalue weighted by Crippen LogP contribution is 2.02. The Morgan fingerprint density at radius 3 is 2.27 bits per heavy atom. The number of rotatable bonds is 1. The van der Waals surface area contributed by atoms with Crippen LogP contribution in [0.2, 0.25) is 0 Å². The molecule has 1 aliphatic heterocycles. The summed E-state index contributed by atoms with van der Waals surface area (Å²) in [5.41, 5.74) is 1.81. The normalized spacial score (nSPS) is 15.0. The standard InChI is InChI=1S/C8H8O.C4H9NO/c1-7-4-2-3-5-8(7)6-9;1-3-6-4-2-5-1/h2-6H,1H3;5H,1-4H2. The molecule has 1 aliphatic rings. The fourth-order valence-electron chi connectivity index (χ4n) is 1.23. The molecule has 0 radical (unpaired) electrons. The summed E-state index contributed by atoms with van der Waals surface area (Å²) in [5, 5.41) is 3.16. The maximum atomic E-state index is 10.2. The SMILES string of the molecule is C1COCCN1.Cc1ccccc1C=O. The van der Waals surface area contributed by atoms with Gasteiger partial charge >= 0.3 is 0 Å². The monoisotopic (exact) mass is 207 g/mol. The summed E-state index contributed by atoms with van der Waals surface area (Å²) in [7, 11) is 0. The molecule has 0 aromatic heterocycles. The van der Waals surface area contributed by atoms with Crippen molar-refractivity contribution < 1.29 is 9.53 Å². The van der Waals surface area contributed by atoms with E-state index in [2.05, 4.69) is 5.32 Å². The summed E-state index contributed by atoms with van der Waals surface area (Å²) in [6.45, 7) is 5.75. The molecular formula is C12H17NO2. The van der Waals surface area contributed by atoms with E-state index in [9.17, 15) is 4.79 Å². The van der Waals surface area contributed by atoms with Crippen LogP contribution >= 0.6 is 0 Å². The number of ether oxygens (including phenoxy) is 1. The topological polar surface area (TPSA) is 38.3 Å². The van der Waals surface area contributed by atoms with Gasteiger partial charge < -0.3 is 10.1 Å². The van der Waals surface area contributed by atoms with Crippen molar-refractivity contribution in [2.45, 2.75) is 6.92 Å². The average molecular weight is 207 g/mol. The third-order valence-corrected chi connectivity index (χ3v) is 2.16. The predicted molar refractivity (Wildman–Crippen MR) is 60.3 cm³/mol. The van der Waals surface area contributed by atoms with Gasteiger partial charge in [-0.1, -0.05) is 24.3 Å². The molecule has 15 heavy (non-hydrogen) atoms. The first-order chi connectivity index (χ1) is 7.34. The molecule has 1 heterocycles. The highest BCUT2D eigenvalue weighted by Gasteiger charge is 1.93. The second kappa shape index (κ2) is 7.15. The second-order valence-corrected chi connectivity index (χ2v) is 3.34. The molecular weight excluding hydrogens is 190 g/mol. The van der Waals surface area contributed by atoms with Gasteiger partial charge in [-0.15, -0.1) is 0 Å². The number of aldehydes is 1. The number of carbonyl (C=O) groups excluding carboxylic acids is 1. The molecule has 3 heteroatoms. The molecule has 0 unspecified atom stereocenters. The van der Waals surface area contributed by atoms with E-state index < -0.39 is 0 Å². The Hall–Kier alpha value is -1.19. The van der Waals surface area contributed by atoms with Crippen molar-refractivity contribution >= 4 is 6.29 Å². The van der Waals surface area contributed by atoms with Gasteiger partial charge in [0, 0.05) is 18.7 Å². The van der Waals surface area contributed by atoms with Gasteiger partial charge in [0.05, 0.1) is 13.2 Å². The van der Waals surface area contributed by atoms with E-state index >= 15 is 0 Å². The number of aryl methyl sites for hydroxylation is 1. The van der Waals surface area contributed by atoms with Crippen LogP contribution in [0.4, 0.5) is 0 Å². The molecule has 0 amide bonds. The highest BCUT2D eigenvalue weighted by atomic mass is 16.5. The number of nitrogens with one attached hydrogen (secondary N) is 1. The van der Waals surface area contributed by atoms with Gasteiger partial charge in [-0.25, -0.2) is 0 Å². The van der Waals surface area contributed by atoms with Crippen LogP contribution in [0.15, 0.2) is 24.3 Å². The zero-order valence-electron chi connectivity index (χ0n) is 9.03. The molecule has 0 spiro atoms. The fraction of sp³-hybridized carbons (Fsp3) is 0.417. The molecule has 0 aliphatic carbocycles. The Morgan fingerprint density at radius 2 is 1.93 bits per heavy atom. The van der Waals surface area contributed by atoms with Crippen molar-refractivity contribution in [2.24, 2.45) is 0 Å². The van der Waals surface area contributed by atoms with Gasteiger partial charge in [0.1, 0.15) is 6.29 Å². The Bertz CT molecular complexity index is 284. The minimum atomic E-state index is 0.775. The molecule has 1 aromatic carbocycles. The van der Waals surface area contributed by atoms with Crippen LogP contribution in [0, 0.1) is 6.92 Å². The van der Waals surface area contributed by atoms with Gasteiger partial charge in [-0.3, -0.25) is 4.79 Å². The van der Waals surface area contributed by atoms with E-state index in [0.717, 1.165) is 43.7 Å². The molecule has 1 aromatic rings. The number of carbonyl (C=O) groups is 1. The quantitative estimate of drug-likeness (QED) is 0.708. The minimum Gasteiger partial charge on any atom is -0.379 e.